The van der Waals surface area contributed by atoms with Crippen molar-refractivity contribution in [3.05, 3.63) is 82.5 Å². The number of aromatic carboxylic acids is 1. The maximum atomic E-state index is 13.0. The number of thiocarbonyl (C=S) groups is 1. The van der Waals surface area contributed by atoms with Gasteiger partial charge < -0.3 is 14.3 Å². The molecule has 1 aliphatic rings. The molecule has 0 radical (unpaired) electrons. The lowest BCUT2D eigenvalue weighted by atomic mass is 10.1. The first kappa shape index (κ1) is 21.8. The molecule has 0 bridgehead atoms. The average molecular weight is 474 g/mol. The molecule has 0 spiro atoms. The summed E-state index contributed by atoms with van der Waals surface area (Å²) in [6.45, 7) is 0. The van der Waals surface area contributed by atoms with Crippen molar-refractivity contribution in [3.8, 4) is 11.3 Å². The number of alkyl halides is 3. The van der Waals surface area contributed by atoms with E-state index in [0.29, 0.717) is 17.1 Å². The van der Waals surface area contributed by atoms with E-state index in [9.17, 15) is 27.9 Å². The summed E-state index contributed by atoms with van der Waals surface area (Å²) >= 11 is 6.16. The lowest BCUT2D eigenvalue weighted by Gasteiger charge is -2.16. The second kappa shape index (κ2) is 8.29. The number of halogens is 3. The number of hydrogen-bond donors (Lipinski definition) is 0. The highest BCUT2D eigenvalue weighted by Crippen LogP contribution is 2.38. The van der Waals surface area contributed by atoms with E-state index in [1.165, 1.54) is 30.3 Å². The van der Waals surface area contributed by atoms with E-state index in [1.54, 1.807) is 24.3 Å². The van der Waals surface area contributed by atoms with Crippen molar-refractivity contribution in [2.75, 3.05) is 4.90 Å². The molecule has 0 aliphatic carbocycles. The Morgan fingerprint density at radius 2 is 1.81 bits per heavy atom. The summed E-state index contributed by atoms with van der Waals surface area (Å²) in [5.41, 5.74) is -0.211. The predicted molar refractivity (Wildman–Crippen MR) is 116 cm³/mol. The summed E-state index contributed by atoms with van der Waals surface area (Å²) in [6, 6.07) is 13.5. The molecule has 2 aromatic carbocycles. The van der Waals surface area contributed by atoms with Crippen LogP contribution in [0.1, 0.15) is 21.7 Å². The molecular formula is C22H11F3NO4S2-. The molecule has 1 aliphatic heterocycles. The Bertz CT molecular complexity index is 1260. The van der Waals surface area contributed by atoms with Crippen LogP contribution < -0.4 is 10.0 Å². The van der Waals surface area contributed by atoms with E-state index in [-0.39, 0.29) is 20.5 Å². The van der Waals surface area contributed by atoms with Crippen LogP contribution in [0.4, 0.5) is 18.9 Å². The largest absolute Gasteiger partial charge is 0.545 e. The van der Waals surface area contributed by atoms with Crippen LogP contribution in [0.3, 0.4) is 0 Å². The minimum atomic E-state index is -4.55. The number of amides is 1. The van der Waals surface area contributed by atoms with Crippen molar-refractivity contribution in [2.24, 2.45) is 0 Å². The van der Waals surface area contributed by atoms with Gasteiger partial charge in [0, 0.05) is 11.6 Å². The maximum Gasteiger partial charge on any atom is 0.416 e. The second-order valence-corrected chi connectivity index (χ2v) is 8.31. The first-order valence-corrected chi connectivity index (χ1v) is 10.2. The number of benzene rings is 2. The summed E-state index contributed by atoms with van der Waals surface area (Å²) in [4.78, 5) is 24.9. The minimum absolute atomic E-state index is 0.0267. The first-order chi connectivity index (χ1) is 15.1. The quantitative estimate of drug-likeness (QED) is 0.402. The van der Waals surface area contributed by atoms with Gasteiger partial charge in [-0.3, -0.25) is 9.69 Å². The Kier molecular flexibility index (Phi) is 5.66. The van der Waals surface area contributed by atoms with Crippen molar-refractivity contribution in [2.45, 2.75) is 6.18 Å². The highest BCUT2D eigenvalue weighted by atomic mass is 32.2. The fourth-order valence-corrected chi connectivity index (χ4v) is 4.28. The van der Waals surface area contributed by atoms with Crippen molar-refractivity contribution in [3.63, 3.8) is 0 Å². The van der Waals surface area contributed by atoms with Gasteiger partial charge in [-0.2, -0.15) is 13.2 Å². The predicted octanol–water partition coefficient (Wildman–Crippen LogP) is 4.73. The van der Waals surface area contributed by atoms with Crippen LogP contribution in [0.15, 0.2) is 70.0 Å². The van der Waals surface area contributed by atoms with Gasteiger partial charge in [0.15, 0.2) is 4.32 Å². The van der Waals surface area contributed by atoms with Gasteiger partial charge in [0.2, 0.25) is 0 Å². The molecule has 3 aromatic rings. The number of thioether (sulfide) groups is 1. The molecule has 2 heterocycles. The van der Waals surface area contributed by atoms with E-state index in [0.717, 1.165) is 28.8 Å². The number of nitrogens with zero attached hydrogens (tertiary/aromatic N) is 1. The molecule has 1 aromatic heterocycles. The third-order valence-corrected chi connectivity index (χ3v) is 5.83. The number of carboxylic acids is 1. The minimum Gasteiger partial charge on any atom is -0.545 e. The van der Waals surface area contributed by atoms with E-state index < -0.39 is 23.6 Å². The zero-order chi connectivity index (χ0) is 23.0. The zero-order valence-electron chi connectivity index (χ0n) is 15.9. The zero-order valence-corrected chi connectivity index (χ0v) is 17.5. The molecule has 0 atom stereocenters. The van der Waals surface area contributed by atoms with Crippen LogP contribution in [-0.4, -0.2) is 16.2 Å². The molecule has 1 amide bonds. The molecule has 5 nitrogen and oxygen atoms in total. The monoisotopic (exact) mass is 474 g/mol. The molecule has 4 rings (SSSR count). The van der Waals surface area contributed by atoms with Crippen LogP contribution in [0, 0.1) is 0 Å². The highest BCUT2D eigenvalue weighted by Gasteiger charge is 2.36. The van der Waals surface area contributed by atoms with Gasteiger partial charge >= 0.3 is 6.18 Å². The molecule has 162 valence electrons. The van der Waals surface area contributed by atoms with Crippen molar-refractivity contribution in [1.82, 2.24) is 0 Å². The maximum absolute atomic E-state index is 13.0. The van der Waals surface area contributed by atoms with Crippen LogP contribution in [0.5, 0.6) is 0 Å². The number of rotatable bonds is 4. The van der Waals surface area contributed by atoms with Crippen LogP contribution in [-0.2, 0) is 11.0 Å². The highest BCUT2D eigenvalue weighted by molar-refractivity contribution is 8.27. The van der Waals surface area contributed by atoms with Gasteiger partial charge in [0.25, 0.3) is 5.91 Å². The summed E-state index contributed by atoms with van der Waals surface area (Å²) in [7, 11) is 0. The van der Waals surface area contributed by atoms with Gasteiger partial charge in [-0.05, 0) is 35.9 Å². The number of anilines is 1. The lowest BCUT2D eigenvalue weighted by Crippen LogP contribution is -2.27. The molecular weight excluding hydrogens is 463 g/mol. The van der Waals surface area contributed by atoms with E-state index in [2.05, 4.69) is 0 Å². The van der Waals surface area contributed by atoms with Gasteiger partial charge in [0.05, 0.1) is 22.1 Å². The van der Waals surface area contributed by atoms with Gasteiger partial charge in [-0.15, -0.1) is 0 Å². The smallest absolute Gasteiger partial charge is 0.416 e. The van der Waals surface area contributed by atoms with Crippen LogP contribution in [0.25, 0.3) is 17.4 Å². The summed E-state index contributed by atoms with van der Waals surface area (Å²) in [5.74, 6) is -1.09. The van der Waals surface area contributed by atoms with Crippen LogP contribution in [0.2, 0.25) is 0 Å². The van der Waals surface area contributed by atoms with E-state index >= 15 is 0 Å². The fourth-order valence-electron chi connectivity index (χ4n) is 3.00. The lowest BCUT2D eigenvalue weighted by molar-refractivity contribution is -0.255. The third-order valence-electron chi connectivity index (χ3n) is 4.53. The SMILES string of the molecule is O=C([O-])c1ccc(-c2ccc(/C=C3\SC(=S)N(c4cccc(C(F)(F)F)c4)C3=O)o2)cc1. The standard InChI is InChI=1S/C22H12F3NO4S2/c23-22(24,25)14-2-1-3-15(10-14)26-19(27)18(32-21(26)31)11-16-8-9-17(30-16)12-4-6-13(7-5-12)20(28)29/h1-11H,(H,28,29)/p-1/b18-11-. The Balaban J connectivity index is 1.58. The van der Waals surface area contributed by atoms with E-state index in [1.807, 2.05) is 0 Å². The average Bonchev–Trinajstić information content (AvgIpc) is 3.32. The summed E-state index contributed by atoms with van der Waals surface area (Å²) < 4.78 is 44.9. The number of carbonyl (C=O) groups is 2. The van der Waals surface area contributed by atoms with Crippen LogP contribution >= 0.6 is 24.0 Å². The molecule has 32 heavy (non-hydrogen) atoms. The molecule has 0 unspecified atom stereocenters. The number of carboxylic acid groups (broad SMARTS) is 1. The Morgan fingerprint density at radius 1 is 1.09 bits per heavy atom. The Hall–Kier alpha value is -3.37. The van der Waals surface area contributed by atoms with Gasteiger partial charge in [-0.25, -0.2) is 0 Å². The Labute approximate surface area is 189 Å². The molecule has 0 N–H and O–H groups in total. The molecule has 10 heteroatoms. The van der Waals surface area contributed by atoms with Crippen molar-refractivity contribution >= 4 is 51.9 Å². The number of hydrogen-bond acceptors (Lipinski definition) is 6. The second-order valence-electron chi connectivity index (χ2n) is 6.63. The first-order valence-electron chi connectivity index (χ1n) is 9.00. The van der Waals surface area contributed by atoms with Crippen molar-refractivity contribution < 1.29 is 32.3 Å². The van der Waals surface area contributed by atoms with Gasteiger partial charge in [-0.1, -0.05) is 54.3 Å². The molecule has 1 fully saturated rings. The topological polar surface area (TPSA) is 73.6 Å². The van der Waals surface area contributed by atoms with Gasteiger partial charge in [0.1, 0.15) is 11.5 Å². The van der Waals surface area contributed by atoms with Crippen molar-refractivity contribution in [1.29, 1.82) is 0 Å². The fraction of sp³-hybridized carbons (Fsp3) is 0.0455. The summed E-state index contributed by atoms with van der Waals surface area (Å²) in [5, 5.41) is 10.9. The van der Waals surface area contributed by atoms with E-state index in [4.69, 9.17) is 16.6 Å². The summed E-state index contributed by atoms with van der Waals surface area (Å²) in [6.07, 6.45) is -3.10. The number of carbonyl (C=O) groups excluding carboxylic acids is 2. The third kappa shape index (κ3) is 4.32. The normalized spacial score (nSPS) is 15.6. The molecule has 1 saturated heterocycles. The Morgan fingerprint density at radius 3 is 2.47 bits per heavy atom. The number of furan rings is 1. The molecule has 0 saturated carbocycles.